The van der Waals surface area contributed by atoms with Gasteiger partial charge in [0.05, 0.1) is 12.4 Å². The number of hydrogen-bond donors (Lipinski definition) is 1. The van der Waals surface area contributed by atoms with Crippen LogP contribution in [0.1, 0.15) is 11.1 Å². The Morgan fingerprint density at radius 1 is 1.16 bits per heavy atom. The number of anilines is 1. The van der Waals surface area contributed by atoms with Gasteiger partial charge in [0, 0.05) is 12.1 Å². The van der Waals surface area contributed by atoms with Gasteiger partial charge in [0.2, 0.25) is 0 Å². The lowest BCUT2D eigenvalue weighted by Gasteiger charge is -2.09. The molecule has 0 radical (unpaired) electrons. The van der Waals surface area contributed by atoms with Crippen LogP contribution in [0.3, 0.4) is 0 Å². The Morgan fingerprint density at radius 2 is 1.84 bits per heavy atom. The summed E-state index contributed by atoms with van der Waals surface area (Å²) >= 11 is 0. The van der Waals surface area contributed by atoms with E-state index in [0.29, 0.717) is 13.0 Å². The van der Waals surface area contributed by atoms with Crippen LogP contribution in [0, 0.1) is 24.0 Å². The summed E-state index contributed by atoms with van der Waals surface area (Å²) in [6, 6.07) is 7.47. The third-order valence-corrected chi connectivity index (χ3v) is 2.72. The molecule has 0 atom stereocenters. The lowest BCUT2D eigenvalue weighted by Crippen LogP contribution is -2.09. The first-order valence-corrected chi connectivity index (χ1v) is 5.79. The minimum absolute atomic E-state index is 0.159. The molecule has 0 spiro atoms. The minimum atomic E-state index is -0.703. The van der Waals surface area contributed by atoms with Gasteiger partial charge >= 0.3 is 0 Å². The smallest absolute Gasteiger partial charge is 0.167 e. The van der Waals surface area contributed by atoms with E-state index in [9.17, 15) is 8.78 Å². The maximum Gasteiger partial charge on any atom is 0.167 e. The molecule has 0 amide bonds. The maximum atomic E-state index is 13.3. The Kier molecular flexibility index (Phi) is 4.09. The number of hydrogen-bond acceptors (Lipinski definition) is 2. The quantitative estimate of drug-likeness (QED) is 0.853. The number of aromatic nitrogens is 1. The second-order valence-corrected chi connectivity index (χ2v) is 3.96. The Morgan fingerprint density at radius 3 is 2.53 bits per heavy atom. The third-order valence-electron chi connectivity index (χ3n) is 2.72. The number of rotatable bonds is 4. The molecule has 0 aliphatic carbocycles. The molecule has 0 saturated carbocycles. The molecule has 1 N–H and O–H groups in total. The average Bonchev–Trinajstić information content (AvgIpc) is 2.42. The van der Waals surface area contributed by atoms with Gasteiger partial charge in [-0.15, -0.1) is 6.42 Å². The molecule has 2 nitrogen and oxygen atoms in total. The van der Waals surface area contributed by atoms with Crippen molar-refractivity contribution in [2.24, 2.45) is 0 Å². The predicted molar refractivity (Wildman–Crippen MR) is 70.7 cm³/mol. The normalized spacial score (nSPS) is 9.95. The molecule has 2 rings (SSSR count). The molecule has 0 aliphatic heterocycles. The molecule has 1 heterocycles. The van der Waals surface area contributed by atoms with Crippen molar-refractivity contribution in [3.05, 3.63) is 59.4 Å². The zero-order valence-corrected chi connectivity index (χ0v) is 10.2. The summed E-state index contributed by atoms with van der Waals surface area (Å²) in [5, 5.41) is 2.72. The number of nitrogens with zero attached hydrogens (tertiary/aromatic N) is 1. The summed E-state index contributed by atoms with van der Waals surface area (Å²) in [5.41, 5.74) is 1.60. The highest BCUT2D eigenvalue weighted by molar-refractivity contribution is 5.45. The Hall–Kier alpha value is -2.41. The minimum Gasteiger partial charge on any atom is -0.380 e. The van der Waals surface area contributed by atoms with Crippen molar-refractivity contribution in [1.82, 2.24) is 4.98 Å². The first-order chi connectivity index (χ1) is 9.22. The van der Waals surface area contributed by atoms with Gasteiger partial charge < -0.3 is 5.32 Å². The molecular formula is C15H12F2N2. The first-order valence-electron chi connectivity index (χ1n) is 5.79. The predicted octanol–water partition coefficient (Wildman–Crippen LogP) is 3.00. The number of terminal acetylenes is 1. The van der Waals surface area contributed by atoms with Crippen molar-refractivity contribution in [2.45, 2.75) is 6.42 Å². The monoisotopic (exact) mass is 258 g/mol. The van der Waals surface area contributed by atoms with Crippen LogP contribution < -0.4 is 5.32 Å². The van der Waals surface area contributed by atoms with Gasteiger partial charge in [0.15, 0.2) is 11.6 Å². The fourth-order valence-corrected chi connectivity index (χ4v) is 1.78. The molecule has 4 heteroatoms. The van der Waals surface area contributed by atoms with E-state index in [-0.39, 0.29) is 5.69 Å². The molecule has 19 heavy (non-hydrogen) atoms. The zero-order valence-electron chi connectivity index (χ0n) is 10.2. The van der Waals surface area contributed by atoms with E-state index < -0.39 is 11.6 Å². The summed E-state index contributed by atoms with van der Waals surface area (Å²) in [4.78, 5) is 3.42. The van der Waals surface area contributed by atoms with Gasteiger partial charge in [-0.05, 0) is 18.1 Å². The second-order valence-electron chi connectivity index (χ2n) is 3.96. The van der Waals surface area contributed by atoms with Gasteiger partial charge in [-0.1, -0.05) is 24.1 Å². The van der Waals surface area contributed by atoms with Gasteiger partial charge in [-0.2, -0.15) is 0 Å². The van der Waals surface area contributed by atoms with E-state index in [1.165, 1.54) is 0 Å². The maximum absolute atomic E-state index is 13.3. The molecule has 0 bridgehead atoms. The van der Waals surface area contributed by atoms with Gasteiger partial charge in [-0.25, -0.2) is 8.78 Å². The topological polar surface area (TPSA) is 24.9 Å². The summed E-state index contributed by atoms with van der Waals surface area (Å²) in [6.45, 7) is 0.385. The molecule has 0 fully saturated rings. The summed E-state index contributed by atoms with van der Waals surface area (Å²) in [7, 11) is 0. The van der Waals surface area contributed by atoms with Crippen molar-refractivity contribution in [1.29, 1.82) is 0 Å². The van der Waals surface area contributed by atoms with Crippen molar-refractivity contribution in [3.8, 4) is 12.3 Å². The van der Waals surface area contributed by atoms with E-state index in [2.05, 4.69) is 16.2 Å². The van der Waals surface area contributed by atoms with Crippen LogP contribution >= 0.6 is 0 Å². The van der Waals surface area contributed by atoms with Crippen LogP contribution in [0.25, 0.3) is 0 Å². The number of pyridine rings is 1. The Labute approximate surface area is 110 Å². The van der Waals surface area contributed by atoms with E-state index in [1.807, 2.05) is 24.3 Å². The summed E-state index contributed by atoms with van der Waals surface area (Å²) in [6.07, 6.45) is 7.91. The second kappa shape index (κ2) is 5.96. The van der Waals surface area contributed by atoms with Crippen LogP contribution in [0.15, 0.2) is 36.7 Å². The SMILES string of the molecule is C#Cc1ccccc1CCNc1c(F)cncc1F. The molecule has 1 aromatic carbocycles. The molecule has 0 saturated heterocycles. The van der Waals surface area contributed by atoms with E-state index in [0.717, 1.165) is 23.5 Å². The van der Waals surface area contributed by atoms with E-state index in [4.69, 9.17) is 6.42 Å². The fourth-order valence-electron chi connectivity index (χ4n) is 1.78. The third kappa shape index (κ3) is 3.08. The zero-order chi connectivity index (χ0) is 13.7. The van der Waals surface area contributed by atoms with Gasteiger partial charge in [0.1, 0.15) is 5.69 Å². The first kappa shape index (κ1) is 13.0. The molecule has 0 aliphatic rings. The molecular weight excluding hydrogens is 246 g/mol. The number of benzene rings is 1. The van der Waals surface area contributed by atoms with E-state index in [1.54, 1.807) is 0 Å². The van der Waals surface area contributed by atoms with Crippen molar-refractivity contribution in [2.75, 3.05) is 11.9 Å². The molecule has 0 unspecified atom stereocenters. The molecule has 1 aromatic heterocycles. The highest BCUT2D eigenvalue weighted by atomic mass is 19.1. The average molecular weight is 258 g/mol. The number of nitrogens with one attached hydrogen (secondary N) is 1. The summed E-state index contributed by atoms with van der Waals surface area (Å²) < 4.78 is 26.6. The van der Waals surface area contributed by atoms with Crippen molar-refractivity contribution >= 4 is 5.69 Å². The van der Waals surface area contributed by atoms with Crippen LogP contribution in [0.4, 0.5) is 14.5 Å². The Bertz CT molecular complexity index is 598. The lowest BCUT2D eigenvalue weighted by molar-refractivity contribution is 0.578. The van der Waals surface area contributed by atoms with Crippen LogP contribution in [-0.4, -0.2) is 11.5 Å². The highest BCUT2D eigenvalue weighted by Crippen LogP contribution is 2.16. The van der Waals surface area contributed by atoms with Crippen LogP contribution in [-0.2, 0) is 6.42 Å². The molecule has 96 valence electrons. The van der Waals surface area contributed by atoms with Crippen molar-refractivity contribution in [3.63, 3.8) is 0 Å². The van der Waals surface area contributed by atoms with Crippen LogP contribution in [0.2, 0.25) is 0 Å². The summed E-state index contributed by atoms with van der Waals surface area (Å²) in [5.74, 6) is 1.17. The van der Waals surface area contributed by atoms with Crippen molar-refractivity contribution < 1.29 is 8.78 Å². The Balaban J connectivity index is 2.03. The highest BCUT2D eigenvalue weighted by Gasteiger charge is 2.08. The van der Waals surface area contributed by atoms with Gasteiger partial charge in [0.25, 0.3) is 0 Å². The lowest BCUT2D eigenvalue weighted by atomic mass is 10.1. The van der Waals surface area contributed by atoms with Gasteiger partial charge in [-0.3, -0.25) is 4.98 Å². The largest absolute Gasteiger partial charge is 0.380 e. The fraction of sp³-hybridized carbons (Fsp3) is 0.133. The number of halogens is 2. The van der Waals surface area contributed by atoms with Crippen LogP contribution in [0.5, 0.6) is 0 Å². The molecule has 2 aromatic rings. The standard InChI is InChI=1S/C15H12F2N2/c1-2-11-5-3-4-6-12(11)7-8-19-15-13(16)9-18-10-14(15)17/h1,3-6,9-10H,7-8H2,(H,18,19). The van der Waals surface area contributed by atoms with E-state index >= 15 is 0 Å².